The minimum absolute atomic E-state index is 0.0599. The molecule has 1 saturated carbocycles. The average Bonchev–Trinajstić information content (AvgIpc) is 2.79. The van der Waals surface area contributed by atoms with Crippen LogP contribution >= 0.6 is 0 Å². The lowest BCUT2D eigenvalue weighted by atomic mass is 9.90. The van der Waals surface area contributed by atoms with Crippen LogP contribution in [0.4, 0.5) is 17.5 Å². The summed E-state index contributed by atoms with van der Waals surface area (Å²) < 4.78 is 0. The van der Waals surface area contributed by atoms with Crippen LogP contribution in [-0.4, -0.2) is 40.7 Å². The van der Waals surface area contributed by atoms with Gasteiger partial charge < -0.3 is 27.1 Å². The molecule has 1 aliphatic carbocycles. The quantitative estimate of drug-likeness (QED) is 0.420. The smallest absolute Gasteiger partial charge is 0.225 e. The topological polar surface area (TPSA) is 134 Å². The van der Waals surface area contributed by atoms with E-state index in [0.29, 0.717) is 29.5 Å². The number of rotatable bonds is 5. The van der Waals surface area contributed by atoms with Gasteiger partial charge in [-0.15, -0.1) is 0 Å². The molecule has 0 radical (unpaired) electrons. The van der Waals surface area contributed by atoms with Crippen molar-refractivity contribution in [3.05, 3.63) is 29.8 Å². The van der Waals surface area contributed by atoms with Crippen LogP contribution in [0.1, 0.15) is 57.4 Å². The van der Waals surface area contributed by atoms with Gasteiger partial charge in [0.1, 0.15) is 5.82 Å². The molecule has 170 valence electrons. The molecule has 1 aliphatic heterocycles. The molecular weight excluding hydrogens is 402 g/mol. The fourth-order valence-corrected chi connectivity index (χ4v) is 4.82. The Hall–Kier alpha value is -3.16. The number of carbonyl (C=O) groups is 1. The van der Waals surface area contributed by atoms with Crippen molar-refractivity contribution in [3.8, 4) is 11.3 Å². The second kappa shape index (κ2) is 9.54. The molecule has 32 heavy (non-hydrogen) atoms. The van der Waals surface area contributed by atoms with Crippen molar-refractivity contribution < 1.29 is 4.79 Å². The first kappa shape index (κ1) is 22.0. The zero-order valence-corrected chi connectivity index (χ0v) is 18.7. The summed E-state index contributed by atoms with van der Waals surface area (Å²) in [5, 5.41) is 10.7. The number of amides is 1. The highest BCUT2D eigenvalue weighted by molar-refractivity contribution is 5.87. The van der Waals surface area contributed by atoms with Gasteiger partial charge in [-0.1, -0.05) is 31.4 Å². The summed E-state index contributed by atoms with van der Waals surface area (Å²) in [5.74, 6) is 1.01. The van der Waals surface area contributed by atoms with Gasteiger partial charge in [-0.2, -0.15) is 4.98 Å². The number of nitrogens with one attached hydrogen (secondary N) is 2. The zero-order chi connectivity index (χ0) is 22.7. The van der Waals surface area contributed by atoms with Crippen LogP contribution in [-0.2, 0) is 4.79 Å². The number of aromatic nitrogens is 2. The normalized spacial score (nSPS) is 21.8. The van der Waals surface area contributed by atoms with Crippen molar-refractivity contribution in [2.75, 3.05) is 22.9 Å². The largest absolute Gasteiger partial charge is 0.398 e. The Kier molecular flexibility index (Phi) is 6.58. The van der Waals surface area contributed by atoms with Crippen LogP contribution in [0.3, 0.4) is 0 Å². The summed E-state index contributed by atoms with van der Waals surface area (Å²) in [7, 11) is 0. The van der Waals surface area contributed by atoms with Crippen molar-refractivity contribution in [3.63, 3.8) is 0 Å². The van der Waals surface area contributed by atoms with Gasteiger partial charge in [0.25, 0.3) is 0 Å². The number of nitrogens with two attached hydrogens (primary N) is 2. The van der Waals surface area contributed by atoms with Crippen LogP contribution in [0.2, 0.25) is 0 Å². The molecule has 8 nitrogen and oxygen atoms in total. The Balaban J connectivity index is 1.54. The first-order chi connectivity index (χ1) is 15.4. The van der Waals surface area contributed by atoms with Gasteiger partial charge >= 0.3 is 0 Å². The van der Waals surface area contributed by atoms with E-state index < -0.39 is 0 Å². The molecule has 1 aromatic carbocycles. The van der Waals surface area contributed by atoms with E-state index >= 15 is 0 Å². The van der Waals surface area contributed by atoms with Crippen LogP contribution in [0.15, 0.2) is 24.3 Å². The molecule has 2 fully saturated rings. The predicted molar refractivity (Wildman–Crippen MR) is 129 cm³/mol. The molecule has 8 heteroatoms. The number of hydrogen-bond donors (Lipinski definition) is 4. The molecule has 2 aromatic rings. The van der Waals surface area contributed by atoms with E-state index in [0.717, 1.165) is 37.1 Å². The van der Waals surface area contributed by atoms with Crippen molar-refractivity contribution >= 4 is 29.6 Å². The standard InChI is InChI=1S/C24H33N7O/c1-15-7-8-18(23(32)28-19-5-3-2-4-6-19)14-31(15)22-12-21(29-24(27)30-22)16-9-10-17(13-25)20(26)11-16/h9-13,15,18-19,25H,2-8,14,26H2,1H3,(H,28,32)(H2,27,29,30). The summed E-state index contributed by atoms with van der Waals surface area (Å²) in [6, 6.07) is 7.95. The Morgan fingerprint density at radius 3 is 2.62 bits per heavy atom. The molecule has 1 saturated heterocycles. The highest BCUT2D eigenvalue weighted by Crippen LogP contribution is 2.31. The molecule has 2 atom stereocenters. The third kappa shape index (κ3) is 4.84. The summed E-state index contributed by atoms with van der Waals surface area (Å²) in [5.41, 5.74) is 14.8. The van der Waals surface area contributed by atoms with E-state index in [2.05, 4.69) is 27.1 Å². The van der Waals surface area contributed by atoms with Crippen LogP contribution < -0.4 is 21.7 Å². The minimum atomic E-state index is -0.0599. The molecule has 2 heterocycles. The van der Waals surface area contributed by atoms with E-state index in [1.54, 1.807) is 12.1 Å². The number of hydrogen-bond acceptors (Lipinski definition) is 7. The Labute approximate surface area is 189 Å². The SMILES string of the molecule is CC1CCC(C(=O)NC2CCCCC2)CN1c1cc(-c2ccc(C=N)c(N)c2)nc(N)n1. The Morgan fingerprint density at radius 2 is 1.91 bits per heavy atom. The highest BCUT2D eigenvalue weighted by atomic mass is 16.2. The number of carbonyl (C=O) groups excluding carboxylic acids is 1. The van der Waals surface area contributed by atoms with Gasteiger partial charge in [0.15, 0.2) is 0 Å². The molecule has 0 spiro atoms. The van der Waals surface area contributed by atoms with Crippen molar-refractivity contribution in [2.45, 2.75) is 64.0 Å². The second-order valence-corrected chi connectivity index (χ2v) is 9.08. The van der Waals surface area contributed by atoms with Crippen LogP contribution in [0.5, 0.6) is 0 Å². The summed E-state index contributed by atoms with van der Waals surface area (Å²) in [6.07, 6.45) is 8.88. The Bertz CT molecular complexity index is 986. The third-order valence-corrected chi connectivity index (χ3v) is 6.77. The van der Waals surface area contributed by atoms with Gasteiger partial charge in [0.05, 0.1) is 11.6 Å². The summed E-state index contributed by atoms with van der Waals surface area (Å²) in [6.45, 7) is 2.77. The van der Waals surface area contributed by atoms with Crippen molar-refractivity contribution in [2.24, 2.45) is 5.92 Å². The number of anilines is 3. The van der Waals surface area contributed by atoms with Crippen molar-refractivity contribution in [1.82, 2.24) is 15.3 Å². The van der Waals surface area contributed by atoms with E-state index in [9.17, 15) is 4.79 Å². The fourth-order valence-electron chi connectivity index (χ4n) is 4.82. The van der Waals surface area contributed by atoms with Gasteiger partial charge in [0.2, 0.25) is 11.9 Å². The predicted octanol–water partition coefficient (Wildman–Crippen LogP) is 3.36. The highest BCUT2D eigenvalue weighted by Gasteiger charge is 2.32. The average molecular weight is 436 g/mol. The summed E-state index contributed by atoms with van der Waals surface area (Å²) >= 11 is 0. The molecule has 1 amide bonds. The van der Waals surface area contributed by atoms with E-state index in [1.807, 2.05) is 12.1 Å². The molecule has 0 bridgehead atoms. The van der Waals surface area contributed by atoms with E-state index in [-0.39, 0.29) is 23.8 Å². The van der Waals surface area contributed by atoms with Gasteiger partial charge in [0, 0.05) is 47.7 Å². The van der Waals surface area contributed by atoms with Gasteiger partial charge in [-0.05, 0) is 38.7 Å². The lowest BCUT2D eigenvalue weighted by molar-refractivity contribution is -0.126. The van der Waals surface area contributed by atoms with Gasteiger partial charge in [-0.25, -0.2) is 4.98 Å². The fraction of sp³-hybridized carbons (Fsp3) is 0.500. The zero-order valence-electron chi connectivity index (χ0n) is 18.7. The lowest BCUT2D eigenvalue weighted by Gasteiger charge is -2.39. The molecular formula is C24H33N7O. The molecule has 1 aromatic heterocycles. The van der Waals surface area contributed by atoms with Crippen LogP contribution in [0.25, 0.3) is 11.3 Å². The molecule has 6 N–H and O–H groups in total. The minimum Gasteiger partial charge on any atom is -0.398 e. The lowest BCUT2D eigenvalue weighted by Crippen LogP contribution is -2.49. The number of piperidine rings is 1. The second-order valence-electron chi connectivity index (χ2n) is 9.08. The third-order valence-electron chi connectivity index (χ3n) is 6.77. The summed E-state index contributed by atoms with van der Waals surface area (Å²) in [4.78, 5) is 24.0. The maximum atomic E-state index is 13.0. The van der Waals surface area contributed by atoms with Crippen molar-refractivity contribution in [1.29, 1.82) is 5.41 Å². The van der Waals surface area contributed by atoms with E-state index in [4.69, 9.17) is 16.9 Å². The maximum Gasteiger partial charge on any atom is 0.225 e. The monoisotopic (exact) mass is 435 g/mol. The maximum absolute atomic E-state index is 13.0. The Morgan fingerprint density at radius 1 is 1.12 bits per heavy atom. The first-order valence-corrected chi connectivity index (χ1v) is 11.6. The van der Waals surface area contributed by atoms with Gasteiger partial charge in [-0.3, -0.25) is 4.79 Å². The molecule has 2 aliphatic rings. The van der Waals surface area contributed by atoms with E-state index in [1.165, 1.54) is 25.5 Å². The number of nitrogens with zero attached hydrogens (tertiary/aromatic N) is 3. The molecule has 4 rings (SSSR count). The molecule has 2 unspecified atom stereocenters. The first-order valence-electron chi connectivity index (χ1n) is 11.6. The number of nitrogen functional groups attached to an aromatic ring is 2. The number of benzene rings is 1. The van der Waals surface area contributed by atoms with Crippen LogP contribution in [0, 0.1) is 11.3 Å².